The normalized spacial score (nSPS) is 15.2. The van der Waals surface area contributed by atoms with Crippen LogP contribution in [-0.2, 0) is 4.79 Å². The maximum Gasteiger partial charge on any atom is 0.237 e. The molecule has 2 heterocycles. The van der Waals surface area contributed by atoms with Crippen molar-refractivity contribution >= 4 is 23.2 Å². The quantitative estimate of drug-likeness (QED) is 0.450. The SMILES string of the molecule is Cc1ccc(Nc2cc(N3CCC(C(=O)NN)CC3)ncn2)cc1. The minimum atomic E-state index is -0.0842. The summed E-state index contributed by atoms with van der Waals surface area (Å²) in [6.07, 6.45) is 3.10. The number of nitrogens with two attached hydrogens (primary N) is 1. The predicted molar refractivity (Wildman–Crippen MR) is 93.8 cm³/mol. The molecule has 1 aliphatic rings. The highest BCUT2D eigenvalue weighted by Gasteiger charge is 2.25. The van der Waals surface area contributed by atoms with Gasteiger partial charge in [-0.1, -0.05) is 17.7 Å². The van der Waals surface area contributed by atoms with E-state index in [-0.39, 0.29) is 11.8 Å². The largest absolute Gasteiger partial charge is 0.356 e. The van der Waals surface area contributed by atoms with Gasteiger partial charge < -0.3 is 10.2 Å². The molecule has 1 aromatic heterocycles. The third kappa shape index (κ3) is 3.80. The first-order chi connectivity index (χ1) is 11.7. The van der Waals surface area contributed by atoms with Gasteiger partial charge in [-0.2, -0.15) is 0 Å². The molecule has 126 valence electrons. The van der Waals surface area contributed by atoms with Crippen LogP contribution in [0.3, 0.4) is 0 Å². The van der Waals surface area contributed by atoms with E-state index in [1.165, 1.54) is 5.56 Å². The van der Waals surface area contributed by atoms with Gasteiger partial charge in [0.05, 0.1) is 0 Å². The molecule has 2 aromatic rings. The number of hydrogen-bond donors (Lipinski definition) is 3. The monoisotopic (exact) mass is 326 g/mol. The molecule has 0 saturated carbocycles. The summed E-state index contributed by atoms with van der Waals surface area (Å²) in [5.41, 5.74) is 4.44. The fourth-order valence-corrected chi connectivity index (χ4v) is 2.86. The number of benzene rings is 1. The second-order valence-electron chi connectivity index (χ2n) is 6.02. The lowest BCUT2D eigenvalue weighted by Gasteiger charge is -2.31. The number of anilines is 3. The van der Waals surface area contributed by atoms with Gasteiger partial charge in [0.15, 0.2) is 0 Å². The molecule has 1 saturated heterocycles. The summed E-state index contributed by atoms with van der Waals surface area (Å²) in [5.74, 6) is 6.73. The summed E-state index contributed by atoms with van der Waals surface area (Å²) in [5, 5.41) is 3.29. The highest BCUT2D eigenvalue weighted by Crippen LogP contribution is 2.24. The van der Waals surface area contributed by atoms with Crippen LogP contribution in [0.2, 0.25) is 0 Å². The summed E-state index contributed by atoms with van der Waals surface area (Å²) in [7, 11) is 0. The third-order valence-corrected chi connectivity index (χ3v) is 4.31. The molecular formula is C17H22N6O. The second kappa shape index (κ2) is 7.27. The summed E-state index contributed by atoms with van der Waals surface area (Å²) >= 11 is 0. The number of aryl methyl sites for hydroxylation is 1. The van der Waals surface area contributed by atoms with Crippen molar-refractivity contribution in [1.82, 2.24) is 15.4 Å². The third-order valence-electron chi connectivity index (χ3n) is 4.31. The summed E-state index contributed by atoms with van der Waals surface area (Å²) < 4.78 is 0. The minimum Gasteiger partial charge on any atom is -0.356 e. The fourth-order valence-electron chi connectivity index (χ4n) is 2.86. The predicted octanol–water partition coefficient (Wildman–Crippen LogP) is 1.73. The van der Waals surface area contributed by atoms with Crippen LogP contribution >= 0.6 is 0 Å². The maximum atomic E-state index is 11.6. The van der Waals surface area contributed by atoms with Crippen LogP contribution in [0.5, 0.6) is 0 Å². The molecule has 0 unspecified atom stereocenters. The number of amides is 1. The number of aromatic nitrogens is 2. The molecule has 4 N–H and O–H groups in total. The van der Waals surface area contributed by atoms with E-state index in [1.54, 1.807) is 6.33 Å². The Bertz CT molecular complexity index is 694. The van der Waals surface area contributed by atoms with Crippen LogP contribution in [0, 0.1) is 12.8 Å². The van der Waals surface area contributed by atoms with Gasteiger partial charge in [0.25, 0.3) is 0 Å². The zero-order valence-electron chi connectivity index (χ0n) is 13.7. The summed E-state index contributed by atoms with van der Waals surface area (Å²) in [6, 6.07) is 10.1. The second-order valence-corrected chi connectivity index (χ2v) is 6.02. The lowest BCUT2D eigenvalue weighted by Crippen LogP contribution is -2.43. The molecule has 1 amide bonds. The van der Waals surface area contributed by atoms with Gasteiger partial charge in [-0.25, -0.2) is 15.8 Å². The molecule has 0 aliphatic carbocycles. The number of carbonyl (C=O) groups excluding carboxylic acids is 1. The Morgan fingerprint density at radius 1 is 1.21 bits per heavy atom. The molecule has 24 heavy (non-hydrogen) atoms. The summed E-state index contributed by atoms with van der Waals surface area (Å²) in [4.78, 5) is 22.4. The Labute approximate surface area is 141 Å². The van der Waals surface area contributed by atoms with Crippen LogP contribution in [-0.4, -0.2) is 29.0 Å². The van der Waals surface area contributed by atoms with Crippen molar-refractivity contribution in [3.8, 4) is 0 Å². The Morgan fingerprint density at radius 2 is 1.92 bits per heavy atom. The average molecular weight is 326 g/mol. The highest BCUT2D eigenvalue weighted by molar-refractivity contribution is 5.78. The molecule has 0 atom stereocenters. The number of nitrogens with one attached hydrogen (secondary N) is 2. The highest BCUT2D eigenvalue weighted by atomic mass is 16.2. The standard InChI is InChI=1S/C17H22N6O/c1-12-2-4-14(5-3-12)21-15-10-16(20-11-19-15)23-8-6-13(7-9-23)17(24)22-18/h2-5,10-11,13H,6-9,18H2,1H3,(H,22,24)(H,19,20,21). The van der Waals surface area contributed by atoms with E-state index in [0.29, 0.717) is 0 Å². The number of hydrogen-bond acceptors (Lipinski definition) is 6. The lowest BCUT2D eigenvalue weighted by atomic mass is 9.96. The van der Waals surface area contributed by atoms with E-state index in [0.717, 1.165) is 43.3 Å². The minimum absolute atomic E-state index is 0.0155. The first-order valence-corrected chi connectivity index (χ1v) is 8.07. The van der Waals surface area contributed by atoms with E-state index >= 15 is 0 Å². The van der Waals surface area contributed by atoms with Gasteiger partial charge in [0.1, 0.15) is 18.0 Å². The van der Waals surface area contributed by atoms with Gasteiger partial charge >= 0.3 is 0 Å². The average Bonchev–Trinajstić information content (AvgIpc) is 2.63. The van der Waals surface area contributed by atoms with Gasteiger partial charge in [0.2, 0.25) is 5.91 Å². The van der Waals surface area contributed by atoms with E-state index in [4.69, 9.17) is 5.84 Å². The number of rotatable bonds is 4. The van der Waals surface area contributed by atoms with Crippen molar-refractivity contribution < 1.29 is 4.79 Å². The van der Waals surface area contributed by atoms with E-state index < -0.39 is 0 Å². The number of nitrogens with zero attached hydrogens (tertiary/aromatic N) is 3. The molecule has 7 nitrogen and oxygen atoms in total. The molecule has 7 heteroatoms. The molecule has 0 spiro atoms. The van der Waals surface area contributed by atoms with Gasteiger partial charge in [0, 0.05) is 30.8 Å². The van der Waals surface area contributed by atoms with Crippen LogP contribution in [0.4, 0.5) is 17.3 Å². The van der Waals surface area contributed by atoms with Crippen LogP contribution in [0.25, 0.3) is 0 Å². The summed E-state index contributed by atoms with van der Waals surface area (Å²) in [6.45, 7) is 3.61. The zero-order chi connectivity index (χ0) is 16.9. The van der Waals surface area contributed by atoms with Crippen molar-refractivity contribution in [3.05, 3.63) is 42.2 Å². The van der Waals surface area contributed by atoms with Crippen molar-refractivity contribution in [2.75, 3.05) is 23.3 Å². The maximum absolute atomic E-state index is 11.6. The number of carbonyl (C=O) groups is 1. The van der Waals surface area contributed by atoms with Crippen LogP contribution in [0.15, 0.2) is 36.7 Å². The smallest absolute Gasteiger partial charge is 0.237 e. The Kier molecular flexibility index (Phi) is 4.90. The zero-order valence-corrected chi connectivity index (χ0v) is 13.7. The molecule has 0 radical (unpaired) electrons. The molecule has 1 fully saturated rings. The topological polar surface area (TPSA) is 96.2 Å². The first-order valence-electron chi connectivity index (χ1n) is 8.07. The fraction of sp³-hybridized carbons (Fsp3) is 0.353. The van der Waals surface area contributed by atoms with Crippen molar-refractivity contribution in [3.63, 3.8) is 0 Å². The molecule has 1 aliphatic heterocycles. The molecule has 1 aromatic carbocycles. The van der Waals surface area contributed by atoms with Gasteiger partial charge in [-0.3, -0.25) is 10.2 Å². The first kappa shape index (κ1) is 16.2. The Hall–Kier alpha value is -2.67. The number of piperidine rings is 1. The van der Waals surface area contributed by atoms with E-state index in [1.807, 2.05) is 18.2 Å². The van der Waals surface area contributed by atoms with Crippen molar-refractivity contribution in [2.45, 2.75) is 19.8 Å². The van der Waals surface area contributed by atoms with Gasteiger partial charge in [-0.15, -0.1) is 0 Å². The molecule has 3 rings (SSSR count). The van der Waals surface area contributed by atoms with Gasteiger partial charge in [-0.05, 0) is 31.9 Å². The lowest BCUT2D eigenvalue weighted by molar-refractivity contribution is -0.125. The van der Waals surface area contributed by atoms with Crippen molar-refractivity contribution in [2.24, 2.45) is 11.8 Å². The van der Waals surface area contributed by atoms with E-state index in [9.17, 15) is 4.79 Å². The Morgan fingerprint density at radius 3 is 2.58 bits per heavy atom. The number of hydrazine groups is 1. The van der Waals surface area contributed by atoms with Crippen LogP contribution < -0.4 is 21.5 Å². The van der Waals surface area contributed by atoms with Crippen molar-refractivity contribution in [1.29, 1.82) is 0 Å². The van der Waals surface area contributed by atoms with Crippen LogP contribution in [0.1, 0.15) is 18.4 Å². The Balaban J connectivity index is 1.65. The molecule has 0 bridgehead atoms. The molecular weight excluding hydrogens is 304 g/mol. The van der Waals surface area contributed by atoms with E-state index in [2.05, 4.69) is 44.7 Å².